The van der Waals surface area contributed by atoms with Crippen molar-refractivity contribution in [3.05, 3.63) is 4.88 Å². The first-order valence-corrected chi connectivity index (χ1v) is 6.83. The van der Waals surface area contributed by atoms with E-state index in [2.05, 4.69) is 10.6 Å². The largest absolute Gasteiger partial charge is 0.405 e. The molecule has 102 valence electrons. The van der Waals surface area contributed by atoms with Gasteiger partial charge in [-0.25, -0.2) is 0 Å². The van der Waals surface area contributed by atoms with E-state index in [4.69, 9.17) is 5.73 Å². The van der Waals surface area contributed by atoms with Crippen LogP contribution in [0.3, 0.4) is 0 Å². The van der Waals surface area contributed by atoms with Crippen LogP contribution in [0.5, 0.6) is 0 Å². The number of nitrogen functional groups attached to an aromatic ring is 1. The summed E-state index contributed by atoms with van der Waals surface area (Å²) >= 11 is 2.11. The fourth-order valence-electron chi connectivity index (χ4n) is 1.21. The van der Waals surface area contributed by atoms with Crippen molar-refractivity contribution in [2.24, 2.45) is 0 Å². The first-order valence-electron chi connectivity index (χ1n) is 4.79. The number of thiophene rings is 1. The van der Waals surface area contributed by atoms with Gasteiger partial charge in [0.15, 0.2) is 0 Å². The molecule has 18 heavy (non-hydrogen) atoms. The second-order valence-electron chi connectivity index (χ2n) is 3.26. The Kier molecular flexibility index (Phi) is 4.74. The van der Waals surface area contributed by atoms with Gasteiger partial charge in [-0.2, -0.15) is 13.2 Å². The number of alkyl halides is 3. The molecule has 0 saturated carbocycles. The standard InChI is InChI=1S/C9H12F3N3OS2/c1-14-7(16)5-4(13)6(17-2)8(18-5)15-3-9(10,11)12/h15H,3,13H2,1-2H3,(H,14,16). The van der Waals surface area contributed by atoms with E-state index in [1.54, 1.807) is 6.26 Å². The van der Waals surface area contributed by atoms with E-state index < -0.39 is 18.6 Å². The summed E-state index contributed by atoms with van der Waals surface area (Å²) in [6.07, 6.45) is -2.63. The number of nitrogens with two attached hydrogens (primary N) is 1. The summed E-state index contributed by atoms with van der Waals surface area (Å²) in [6, 6.07) is 0. The van der Waals surface area contributed by atoms with Crippen LogP contribution >= 0.6 is 23.1 Å². The van der Waals surface area contributed by atoms with Crippen LogP contribution in [0.1, 0.15) is 9.67 Å². The predicted octanol–water partition coefficient (Wildman–Crippen LogP) is 2.39. The van der Waals surface area contributed by atoms with Crippen LogP contribution in [-0.2, 0) is 0 Å². The fourth-order valence-corrected chi connectivity index (χ4v) is 3.19. The van der Waals surface area contributed by atoms with Gasteiger partial charge in [-0.15, -0.1) is 23.1 Å². The molecule has 1 aromatic heterocycles. The second kappa shape index (κ2) is 5.70. The molecule has 4 nitrogen and oxygen atoms in total. The van der Waals surface area contributed by atoms with Crippen molar-refractivity contribution in [1.82, 2.24) is 5.32 Å². The molecule has 0 aromatic carbocycles. The molecular weight excluding hydrogens is 287 g/mol. The van der Waals surface area contributed by atoms with Crippen LogP contribution < -0.4 is 16.4 Å². The van der Waals surface area contributed by atoms with Crippen molar-refractivity contribution in [3.8, 4) is 0 Å². The van der Waals surface area contributed by atoms with E-state index in [1.807, 2.05) is 0 Å². The van der Waals surface area contributed by atoms with Gasteiger partial charge in [0, 0.05) is 7.05 Å². The predicted molar refractivity (Wildman–Crippen MR) is 68.4 cm³/mol. The molecule has 9 heteroatoms. The van der Waals surface area contributed by atoms with E-state index in [0.717, 1.165) is 11.3 Å². The topological polar surface area (TPSA) is 67.2 Å². The number of hydrogen-bond donors (Lipinski definition) is 3. The van der Waals surface area contributed by atoms with Gasteiger partial charge in [-0.1, -0.05) is 0 Å². The van der Waals surface area contributed by atoms with Crippen LogP contribution in [-0.4, -0.2) is 31.9 Å². The Labute approximate surface area is 110 Å². The van der Waals surface area contributed by atoms with Gasteiger partial charge in [0.2, 0.25) is 0 Å². The molecule has 0 spiro atoms. The molecule has 0 saturated heterocycles. The van der Waals surface area contributed by atoms with Gasteiger partial charge in [0.25, 0.3) is 5.91 Å². The Morgan fingerprint density at radius 3 is 2.56 bits per heavy atom. The van der Waals surface area contributed by atoms with Crippen molar-refractivity contribution < 1.29 is 18.0 Å². The number of hydrogen-bond acceptors (Lipinski definition) is 5. The average molecular weight is 299 g/mol. The Morgan fingerprint density at radius 1 is 1.50 bits per heavy atom. The minimum absolute atomic E-state index is 0.205. The summed E-state index contributed by atoms with van der Waals surface area (Å²) in [5, 5.41) is 4.91. The minimum Gasteiger partial charge on any atom is -0.396 e. The first kappa shape index (κ1) is 15.0. The highest BCUT2D eigenvalue weighted by Gasteiger charge is 2.28. The number of carbonyl (C=O) groups is 1. The number of anilines is 2. The zero-order chi connectivity index (χ0) is 13.9. The number of rotatable bonds is 4. The molecule has 1 heterocycles. The molecule has 4 N–H and O–H groups in total. The fraction of sp³-hybridized carbons (Fsp3) is 0.444. The van der Waals surface area contributed by atoms with Gasteiger partial charge in [-0.3, -0.25) is 4.79 Å². The third-order valence-electron chi connectivity index (χ3n) is 1.99. The molecule has 0 aliphatic carbocycles. The summed E-state index contributed by atoms with van der Waals surface area (Å²) in [6.45, 7) is -1.16. The minimum atomic E-state index is -4.32. The lowest BCUT2D eigenvalue weighted by Gasteiger charge is -2.08. The first-order chi connectivity index (χ1) is 8.30. The number of thioether (sulfide) groups is 1. The van der Waals surface area contributed by atoms with E-state index in [-0.39, 0.29) is 15.6 Å². The molecule has 0 aliphatic heterocycles. The molecule has 0 unspecified atom stereocenters. The van der Waals surface area contributed by atoms with Crippen LogP contribution in [0.2, 0.25) is 0 Å². The van der Waals surface area contributed by atoms with Crippen molar-refractivity contribution in [2.75, 3.05) is 30.9 Å². The summed E-state index contributed by atoms with van der Waals surface area (Å²) < 4.78 is 36.4. The van der Waals surface area contributed by atoms with E-state index in [9.17, 15) is 18.0 Å². The molecule has 0 atom stereocenters. The molecule has 0 aliphatic rings. The lowest BCUT2D eigenvalue weighted by Crippen LogP contribution is -2.21. The zero-order valence-corrected chi connectivity index (χ0v) is 11.3. The van der Waals surface area contributed by atoms with Crippen LogP contribution in [0, 0.1) is 0 Å². The smallest absolute Gasteiger partial charge is 0.396 e. The van der Waals surface area contributed by atoms with E-state index in [1.165, 1.54) is 18.8 Å². The highest BCUT2D eigenvalue weighted by molar-refractivity contribution is 7.99. The third-order valence-corrected chi connectivity index (χ3v) is 4.11. The van der Waals surface area contributed by atoms with Crippen molar-refractivity contribution in [3.63, 3.8) is 0 Å². The maximum atomic E-state index is 12.1. The van der Waals surface area contributed by atoms with Crippen molar-refractivity contribution >= 4 is 39.7 Å². The van der Waals surface area contributed by atoms with Gasteiger partial charge in [-0.05, 0) is 6.26 Å². The Morgan fingerprint density at radius 2 is 2.11 bits per heavy atom. The SMILES string of the molecule is CNC(=O)c1sc(NCC(F)(F)F)c(SC)c1N. The number of amides is 1. The van der Waals surface area contributed by atoms with Gasteiger partial charge in [0.1, 0.15) is 16.4 Å². The summed E-state index contributed by atoms with van der Waals surface area (Å²) in [5.74, 6) is -0.409. The summed E-state index contributed by atoms with van der Waals surface area (Å²) in [7, 11) is 1.43. The Hall–Kier alpha value is -1.09. The summed E-state index contributed by atoms with van der Waals surface area (Å²) in [5.41, 5.74) is 5.94. The van der Waals surface area contributed by atoms with Crippen LogP contribution in [0.4, 0.5) is 23.9 Å². The monoisotopic (exact) mass is 299 g/mol. The van der Waals surface area contributed by atoms with E-state index in [0.29, 0.717) is 4.90 Å². The average Bonchev–Trinajstić information content (AvgIpc) is 2.61. The maximum absolute atomic E-state index is 12.1. The molecule has 1 aromatic rings. The lowest BCUT2D eigenvalue weighted by molar-refractivity contribution is -0.115. The Bertz CT molecular complexity index is 445. The third kappa shape index (κ3) is 3.45. The van der Waals surface area contributed by atoms with Crippen LogP contribution in [0.25, 0.3) is 0 Å². The highest BCUT2D eigenvalue weighted by Crippen LogP contribution is 2.41. The molecule has 0 fully saturated rings. The zero-order valence-electron chi connectivity index (χ0n) is 9.64. The van der Waals surface area contributed by atoms with E-state index >= 15 is 0 Å². The normalized spacial score (nSPS) is 11.4. The quantitative estimate of drug-likeness (QED) is 0.747. The van der Waals surface area contributed by atoms with Gasteiger partial charge >= 0.3 is 6.18 Å². The van der Waals surface area contributed by atoms with Gasteiger partial charge < -0.3 is 16.4 Å². The molecule has 1 rings (SSSR count). The molecule has 1 amide bonds. The molecular formula is C9H12F3N3OS2. The number of halogens is 3. The number of carbonyl (C=O) groups excluding carboxylic acids is 1. The maximum Gasteiger partial charge on any atom is 0.405 e. The molecule has 0 radical (unpaired) electrons. The Balaban J connectivity index is 3.01. The van der Waals surface area contributed by atoms with Crippen molar-refractivity contribution in [1.29, 1.82) is 0 Å². The number of nitrogens with one attached hydrogen (secondary N) is 2. The van der Waals surface area contributed by atoms with Gasteiger partial charge in [0.05, 0.1) is 10.6 Å². The van der Waals surface area contributed by atoms with Crippen molar-refractivity contribution in [2.45, 2.75) is 11.1 Å². The van der Waals surface area contributed by atoms with Crippen LogP contribution in [0.15, 0.2) is 4.90 Å². The lowest BCUT2D eigenvalue weighted by atomic mass is 10.3. The molecule has 0 bridgehead atoms. The highest BCUT2D eigenvalue weighted by atomic mass is 32.2. The summed E-state index contributed by atoms with van der Waals surface area (Å²) in [4.78, 5) is 12.2. The second-order valence-corrected chi connectivity index (χ2v) is 5.09.